The predicted molar refractivity (Wildman–Crippen MR) is 109 cm³/mol. The fraction of sp³-hybridized carbons (Fsp3) is 0.636. The average Bonchev–Trinajstić information content (AvgIpc) is 3.48. The van der Waals surface area contributed by atoms with Gasteiger partial charge in [0.05, 0.1) is 6.54 Å². The van der Waals surface area contributed by atoms with Crippen LogP contribution in [0.25, 0.3) is 0 Å². The highest BCUT2D eigenvalue weighted by Crippen LogP contribution is 2.34. The topological polar surface area (TPSA) is 72.9 Å². The number of hydrogen-bond donors (Lipinski definition) is 2. The number of piperidine rings is 1. The van der Waals surface area contributed by atoms with Crippen molar-refractivity contribution in [3.05, 3.63) is 29.8 Å². The molecule has 1 heterocycles. The highest BCUT2D eigenvalue weighted by atomic mass is 16.4. The largest absolute Gasteiger partial charge is 0.480 e. The number of anilines is 1. The van der Waals surface area contributed by atoms with Gasteiger partial charge < -0.3 is 15.3 Å². The van der Waals surface area contributed by atoms with Gasteiger partial charge in [0, 0.05) is 43.0 Å². The molecule has 152 valence electrons. The lowest BCUT2D eigenvalue weighted by Crippen LogP contribution is -2.55. The fourth-order valence-electron chi connectivity index (χ4n) is 4.40. The van der Waals surface area contributed by atoms with Crippen molar-refractivity contribution >= 4 is 17.6 Å². The molecule has 2 aliphatic carbocycles. The molecule has 6 nitrogen and oxygen atoms in total. The van der Waals surface area contributed by atoms with Gasteiger partial charge in [0.15, 0.2) is 0 Å². The van der Waals surface area contributed by atoms with Gasteiger partial charge in [0.25, 0.3) is 5.91 Å². The van der Waals surface area contributed by atoms with Gasteiger partial charge in [0.2, 0.25) is 0 Å². The van der Waals surface area contributed by atoms with Crippen LogP contribution in [0.5, 0.6) is 0 Å². The van der Waals surface area contributed by atoms with Crippen molar-refractivity contribution in [2.24, 2.45) is 5.92 Å². The van der Waals surface area contributed by atoms with Gasteiger partial charge in [-0.2, -0.15) is 0 Å². The second-order valence-corrected chi connectivity index (χ2v) is 8.66. The van der Waals surface area contributed by atoms with Gasteiger partial charge in [-0.15, -0.1) is 0 Å². The van der Waals surface area contributed by atoms with Crippen molar-refractivity contribution < 1.29 is 14.7 Å². The molecule has 3 fully saturated rings. The first kappa shape index (κ1) is 19.2. The normalized spacial score (nSPS) is 24.7. The van der Waals surface area contributed by atoms with Crippen molar-refractivity contribution in [1.29, 1.82) is 0 Å². The number of amides is 1. The molecular weight excluding hydrogens is 354 g/mol. The molecule has 0 spiro atoms. The molecule has 1 aromatic carbocycles. The Morgan fingerprint density at radius 1 is 1.07 bits per heavy atom. The van der Waals surface area contributed by atoms with Gasteiger partial charge in [-0.3, -0.25) is 14.5 Å². The van der Waals surface area contributed by atoms with Crippen molar-refractivity contribution in [3.8, 4) is 0 Å². The Balaban J connectivity index is 1.25. The number of rotatable bonds is 8. The second kappa shape index (κ2) is 8.52. The number of nitrogens with one attached hydrogen (secondary N) is 1. The van der Waals surface area contributed by atoms with E-state index in [1.165, 1.54) is 37.8 Å². The van der Waals surface area contributed by atoms with Crippen LogP contribution < -0.4 is 10.2 Å². The van der Waals surface area contributed by atoms with E-state index in [0.29, 0.717) is 11.5 Å². The number of aliphatic carboxylic acids is 1. The molecule has 0 radical (unpaired) electrons. The van der Waals surface area contributed by atoms with Crippen molar-refractivity contribution in [3.63, 3.8) is 0 Å². The van der Waals surface area contributed by atoms with Crippen LogP contribution in [0.1, 0.15) is 55.3 Å². The lowest BCUT2D eigenvalue weighted by molar-refractivity contribution is -0.139. The number of carbonyl (C=O) groups excluding carboxylic acids is 1. The van der Waals surface area contributed by atoms with Gasteiger partial charge >= 0.3 is 5.97 Å². The molecule has 1 saturated heterocycles. The van der Waals surface area contributed by atoms with E-state index in [4.69, 9.17) is 5.11 Å². The van der Waals surface area contributed by atoms with E-state index < -0.39 is 5.97 Å². The lowest BCUT2D eigenvalue weighted by atomic mass is 9.85. The number of carbonyl (C=O) groups is 2. The maximum Gasteiger partial charge on any atom is 0.317 e. The molecule has 2 N–H and O–H groups in total. The van der Waals surface area contributed by atoms with Crippen LogP contribution in [-0.4, -0.2) is 60.1 Å². The molecule has 2 saturated carbocycles. The third-order valence-corrected chi connectivity index (χ3v) is 6.34. The van der Waals surface area contributed by atoms with E-state index in [0.717, 1.165) is 32.5 Å². The van der Waals surface area contributed by atoms with Crippen molar-refractivity contribution in [2.75, 3.05) is 31.1 Å². The zero-order chi connectivity index (χ0) is 19.5. The third kappa shape index (κ3) is 4.85. The Morgan fingerprint density at radius 2 is 1.75 bits per heavy atom. The van der Waals surface area contributed by atoms with Crippen LogP contribution >= 0.6 is 0 Å². The summed E-state index contributed by atoms with van der Waals surface area (Å²) in [5.41, 5.74) is 1.90. The number of carboxylic acids is 1. The molecule has 1 aromatic rings. The predicted octanol–water partition coefficient (Wildman–Crippen LogP) is 2.73. The minimum atomic E-state index is -0.762. The van der Waals surface area contributed by atoms with Gasteiger partial charge in [0.1, 0.15) is 0 Å². The Hall–Kier alpha value is -2.08. The molecular formula is C22H31N3O3. The molecule has 1 amide bonds. The molecule has 4 rings (SSSR count). The molecule has 0 aromatic heterocycles. The van der Waals surface area contributed by atoms with Gasteiger partial charge in [-0.1, -0.05) is 0 Å². The van der Waals surface area contributed by atoms with E-state index >= 15 is 0 Å². The smallest absolute Gasteiger partial charge is 0.317 e. The maximum absolute atomic E-state index is 12.5. The second-order valence-electron chi connectivity index (χ2n) is 8.66. The Labute approximate surface area is 166 Å². The van der Waals surface area contributed by atoms with E-state index in [1.54, 1.807) is 0 Å². The standard InChI is InChI=1S/C22H31N3O3/c26-21(27)15-25(14-16-4-5-16)20-12-18(13-20)23-22(28)17-6-8-19(9-7-17)24-10-2-1-3-11-24/h6-9,16,18,20H,1-5,10-15H2,(H,23,28)(H,26,27). The zero-order valence-electron chi connectivity index (χ0n) is 16.5. The van der Waals surface area contributed by atoms with Crippen LogP contribution in [0.4, 0.5) is 5.69 Å². The monoisotopic (exact) mass is 385 g/mol. The number of nitrogens with zero attached hydrogens (tertiary/aromatic N) is 2. The lowest BCUT2D eigenvalue weighted by Gasteiger charge is -2.42. The molecule has 0 atom stereocenters. The summed E-state index contributed by atoms with van der Waals surface area (Å²) in [4.78, 5) is 28.2. The number of benzene rings is 1. The first-order valence-electron chi connectivity index (χ1n) is 10.7. The van der Waals surface area contributed by atoms with E-state index in [9.17, 15) is 9.59 Å². The summed E-state index contributed by atoms with van der Waals surface area (Å²) < 4.78 is 0. The fourth-order valence-corrected chi connectivity index (χ4v) is 4.40. The summed E-state index contributed by atoms with van der Waals surface area (Å²) >= 11 is 0. The Bertz CT molecular complexity index is 689. The summed E-state index contributed by atoms with van der Waals surface area (Å²) in [6.45, 7) is 3.20. The first-order chi connectivity index (χ1) is 13.6. The Kier molecular flexibility index (Phi) is 5.85. The minimum absolute atomic E-state index is 0.0272. The first-order valence-corrected chi connectivity index (χ1v) is 10.7. The Morgan fingerprint density at radius 3 is 2.36 bits per heavy atom. The summed E-state index contributed by atoms with van der Waals surface area (Å²) in [6, 6.07) is 8.36. The van der Waals surface area contributed by atoms with E-state index in [1.807, 2.05) is 24.3 Å². The highest BCUT2D eigenvalue weighted by Gasteiger charge is 2.37. The molecule has 3 aliphatic rings. The molecule has 0 unspecified atom stereocenters. The van der Waals surface area contributed by atoms with E-state index in [-0.39, 0.29) is 24.5 Å². The average molecular weight is 386 g/mol. The molecule has 0 bridgehead atoms. The quantitative estimate of drug-likeness (QED) is 0.720. The van der Waals surface area contributed by atoms with Crippen molar-refractivity contribution in [2.45, 2.75) is 57.0 Å². The van der Waals surface area contributed by atoms with Crippen LogP contribution in [0, 0.1) is 5.92 Å². The van der Waals surface area contributed by atoms with Crippen LogP contribution in [0.15, 0.2) is 24.3 Å². The summed E-state index contributed by atoms with van der Waals surface area (Å²) in [7, 11) is 0. The highest BCUT2D eigenvalue weighted by molar-refractivity contribution is 5.94. The molecule has 1 aliphatic heterocycles. The van der Waals surface area contributed by atoms with Crippen LogP contribution in [-0.2, 0) is 4.79 Å². The zero-order valence-corrected chi connectivity index (χ0v) is 16.5. The maximum atomic E-state index is 12.5. The molecule has 6 heteroatoms. The molecule has 28 heavy (non-hydrogen) atoms. The van der Waals surface area contributed by atoms with Gasteiger partial charge in [-0.05, 0) is 75.1 Å². The number of hydrogen-bond acceptors (Lipinski definition) is 4. The van der Waals surface area contributed by atoms with Crippen LogP contribution in [0.3, 0.4) is 0 Å². The summed E-state index contributed by atoms with van der Waals surface area (Å²) in [5, 5.41) is 12.3. The summed E-state index contributed by atoms with van der Waals surface area (Å²) in [6.07, 6.45) is 7.92. The van der Waals surface area contributed by atoms with Crippen LogP contribution in [0.2, 0.25) is 0 Å². The SMILES string of the molecule is O=C(O)CN(CC1CC1)C1CC(NC(=O)c2ccc(N3CCCCC3)cc2)C1. The van der Waals surface area contributed by atoms with E-state index in [2.05, 4.69) is 15.1 Å². The van der Waals surface area contributed by atoms with Gasteiger partial charge in [-0.25, -0.2) is 0 Å². The van der Waals surface area contributed by atoms with Crippen molar-refractivity contribution in [1.82, 2.24) is 10.2 Å². The third-order valence-electron chi connectivity index (χ3n) is 6.34. The number of carboxylic acid groups (broad SMARTS) is 1. The summed E-state index contributed by atoms with van der Waals surface area (Å²) in [5.74, 6) is -0.117. The minimum Gasteiger partial charge on any atom is -0.480 e.